The van der Waals surface area contributed by atoms with Crippen molar-refractivity contribution in [2.45, 2.75) is 32.5 Å². The molecular formula is C26H40N4O4. The van der Waals surface area contributed by atoms with Gasteiger partial charge in [0, 0.05) is 57.9 Å². The lowest BCUT2D eigenvalue weighted by Crippen LogP contribution is -2.43. The predicted octanol–water partition coefficient (Wildman–Crippen LogP) is 2.88. The van der Waals surface area contributed by atoms with Crippen LogP contribution in [-0.4, -0.2) is 98.4 Å². The van der Waals surface area contributed by atoms with E-state index in [-0.39, 0.29) is 12.6 Å². The smallest absolute Gasteiger partial charge is 0.232 e. The summed E-state index contributed by atoms with van der Waals surface area (Å²) in [5.41, 5.74) is 2.90. The second-order valence-electron chi connectivity index (χ2n) is 9.05. The molecule has 2 heterocycles. The minimum Gasteiger partial charge on any atom is -0.389 e. The van der Waals surface area contributed by atoms with E-state index < -0.39 is 6.10 Å². The van der Waals surface area contributed by atoms with Gasteiger partial charge in [0.05, 0.1) is 38.1 Å². The standard InChI is InChI=1S/C26H40N4O4/c1-5-15-33-20-23(31)18-30(12-11-29-13-16-32-17-14-29)19-24-25(22-9-7-6-8-10-22)27-34-26(24)28(4)21(2)3/h5-10,21,23,31H,1,11-20H2,2-4H3. The fourth-order valence-corrected chi connectivity index (χ4v) is 3.98. The van der Waals surface area contributed by atoms with Gasteiger partial charge < -0.3 is 24.0 Å². The Morgan fingerprint density at radius 2 is 1.97 bits per heavy atom. The fraction of sp³-hybridized carbons (Fsp3) is 0.577. The lowest BCUT2D eigenvalue weighted by atomic mass is 10.1. The summed E-state index contributed by atoms with van der Waals surface area (Å²) in [7, 11) is 2.03. The first-order valence-electron chi connectivity index (χ1n) is 12.2. The highest BCUT2D eigenvalue weighted by atomic mass is 16.5. The highest BCUT2D eigenvalue weighted by Gasteiger charge is 2.25. The van der Waals surface area contributed by atoms with Gasteiger partial charge in [0.15, 0.2) is 0 Å². The molecule has 1 aromatic heterocycles. The van der Waals surface area contributed by atoms with Crippen LogP contribution < -0.4 is 4.90 Å². The average Bonchev–Trinajstić information content (AvgIpc) is 3.26. The Bertz CT molecular complexity index is 852. The SMILES string of the molecule is C=CCOCC(O)CN(CCN1CCOCC1)Cc1c(-c2ccccc2)noc1N(C)C(C)C. The zero-order valence-corrected chi connectivity index (χ0v) is 20.9. The molecule has 1 unspecified atom stereocenters. The quantitative estimate of drug-likeness (QED) is 0.332. The normalized spacial score (nSPS) is 15.7. The maximum Gasteiger partial charge on any atom is 0.232 e. The molecular weight excluding hydrogens is 432 g/mol. The minimum atomic E-state index is -0.601. The Hall–Kier alpha value is -2.23. The molecule has 3 rings (SSSR count). The summed E-state index contributed by atoms with van der Waals surface area (Å²) in [4.78, 5) is 6.79. The number of benzene rings is 1. The van der Waals surface area contributed by atoms with Crippen LogP contribution in [0.15, 0.2) is 47.5 Å². The average molecular weight is 473 g/mol. The molecule has 0 amide bonds. The molecule has 0 radical (unpaired) electrons. The number of hydrogen-bond donors (Lipinski definition) is 1. The Labute approximate surface area is 203 Å². The molecule has 188 valence electrons. The zero-order valence-electron chi connectivity index (χ0n) is 20.9. The summed E-state index contributed by atoms with van der Waals surface area (Å²) in [6.07, 6.45) is 1.09. The van der Waals surface area contributed by atoms with Gasteiger partial charge >= 0.3 is 0 Å². The van der Waals surface area contributed by atoms with Crippen LogP contribution in [0.2, 0.25) is 0 Å². The van der Waals surface area contributed by atoms with Crippen molar-refractivity contribution in [2.24, 2.45) is 0 Å². The van der Waals surface area contributed by atoms with Gasteiger partial charge in [-0.25, -0.2) is 0 Å². The van der Waals surface area contributed by atoms with Crippen LogP contribution in [0.3, 0.4) is 0 Å². The molecule has 34 heavy (non-hydrogen) atoms. The number of morpholine rings is 1. The Morgan fingerprint density at radius 3 is 2.65 bits per heavy atom. The molecule has 1 N–H and O–H groups in total. The van der Waals surface area contributed by atoms with Crippen molar-refractivity contribution in [1.82, 2.24) is 15.0 Å². The first-order chi connectivity index (χ1) is 16.5. The lowest BCUT2D eigenvalue weighted by Gasteiger charge is -2.31. The number of aliphatic hydroxyl groups excluding tert-OH is 1. The Kier molecular flexibility index (Phi) is 10.6. The molecule has 2 aromatic rings. The van der Waals surface area contributed by atoms with E-state index in [0.717, 1.165) is 62.1 Å². The monoisotopic (exact) mass is 472 g/mol. The van der Waals surface area contributed by atoms with Crippen LogP contribution >= 0.6 is 0 Å². The topological polar surface area (TPSA) is 74.4 Å². The van der Waals surface area contributed by atoms with E-state index >= 15 is 0 Å². The van der Waals surface area contributed by atoms with E-state index in [1.54, 1.807) is 6.08 Å². The van der Waals surface area contributed by atoms with Crippen molar-refractivity contribution in [3.63, 3.8) is 0 Å². The minimum absolute atomic E-state index is 0.259. The van der Waals surface area contributed by atoms with E-state index in [1.165, 1.54) is 0 Å². The predicted molar refractivity (Wildman–Crippen MR) is 135 cm³/mol. The Balaban J connectivity index is 1.83. The van der Waals surface area contributed by atoms with Gasteiger partial charge in [-0.1, -0.05) is 41.6 Å². The molecule has 1 saturated heterocycles. The molecule has 0 saturated carbocycles. The second-order valence-corrected chi connectivity index (χ2v) is 9.05. The molecule has 1 aliphatic heterocycles. The van der Waals surface area contributed by atoms with Gasteiger partial charge in [-0.15, -0.1) is 6.58 Å². The highest BCUT2D eigenvalue weighted by Crippen LogP contribution is 2.32. The third-order valence-electron chi connectivity index (χ3n) is 6.14. The number of rotatable bonds is 14. The maximum absolute atomic E-state index is 10.7. The molecule has 1 aromatic carbocycles. The van der Waals surface area contributed by atoms with Crippen molar-refractivity contribution in [1.29, 1.82) is 0 Å². The summed E-state index contributed by atoms with van der Waals surface area (Å²) in [6.45, 7) is 14.9. The van der Waals surface area contributed by atoms with Crippen LogP contribution in [0.25, 0.3) is 11.3 Å². The Morgan fingerprint density at radius 1 is 1.24 bits per heavy atom. The van der Waals surface area contributed by atoms with E-state index in [2.05, 4.69) is 52.4 Å². The van der Waals surface area contributed by atoms with E-state index in [1.807, 2.05) is 25.2 Å². The summed E-state index contributed by atoms with van der Waals surface area (Å²) < 4.78 is 16.9. The van der Waals surface area contributed by atoms with Crippen LogP contribution in [0.4, 0.5) is 5.88 Å². The fourth-order valence-electron chi connectivity index (χ4n) is 3.98. The number of aliphatic hydroxyl groups is 1. The second kappa shape index (κ2) is 13.6. The van der Waals surface area contributed by atoms with Gasteiger partial charge in [0.1, 0.15) is 5.69 Å². The van der Waals surface area contributed by atoms with Gasteiger partial charge in [0.2, 0.25) is 5.88 Å². The molecule has 8 nitrogen and oxygen atoms in total. The number of aromatic nitrogens is 1. The highest BCUT2D eigenvalue weighted by molar-refractivity contribution is 5.68. The van der Waals surface area contributed by atoms with E-state index in [9.17, 15) is 5.11 Å². The van der Waals surface area contributed by atoms with Crippen molar-refractivity contribution >= 4 is 5.88 Å². The van der Waals surface area contributed by atoms with Crippen LogP contribution in [0.5, 0.6) is 0 Å². The summed E-state index contributed by atoms with van der Waals surface area (Å²) in [5.74, 6) is 0.766. The summed E-state index contributed by atoms with van der Waals surface area (Å²) in [6, 6.07) is 10.4. The van der Waals surface area contributed by atoms with Crippen molar-refractivity contribution in [3.8, 4) is 11.3 Å². The van der Waals surface area contributed by atoms with Crippen LogP contribution in [-0.2, 0) is 16.0 Å². The van der Waals surface area contributed by atoms with E-state index in [4.69, 9.17) is 14.0 Å². The summed E-state index contributed by atoms with van der Waals surface area (Å²) in [5, 5.41) is 15.1. The first kappa shape index (κ1) is 26.4. The van der Waals surface area contributed by atoms with Crippen molar-refractivity contribution in [3.05, 3.63) is 48.6 Å². The molecule has 1 atom stereocenters. The number of nitrogens with zero attached hydrogens (tertiary/aromatic N) is 4. The number of hydrogen-bond acceptors (Lipinski definition) is 8. The molecule has 1 aliphatic rings. The van der Waals surface area contributed by atoms with Crippen LogP contribution in [0, 0.1) is 0 Å². The van der Waals surface area contributed by atoms with Crippen molar-refractivity contribution in [2.75, 3.05) is 71.1 Å². The van der Waals surface area contributed by atoms with Gasteiger partial charge in [-0.3, -0.25) is 9.80 Å². The third-order valence-corrected chi connectivity index (χ3v) is 6.14. The molecule has 0 aliphatic carbocycles. The lowest BCUT2D eigenvalue weighted by molar-refractivity contribution is 0.0128. The zero-order chi connectivity index (χ0) is 24.3. The molecule has 8 heteroatoms. The molecule has 0 spiro atoms. The maximum atomic E-state index is 10.7. The van der Waals surface area contributed by atoms with Gasteiger partial charge in [0.25, 0.3) is 0 Å². The van der Waals surface area contributed by atoms with Gasteiger partial charge in [-0.2, -0.15) is 0 Å². The molecule has 1 fully saturated rings. The van der Waals surface area contributed by atoms with Crippen LogP contribution in [0.1, 0.15) is 19.4 Å². The third kappa shape index (κ3) is 7.65. The number of anilines is 1. The van der Waals surface area contributed by atoms with Crippen molar-refractivity contribution < 1.29 is 19.1 Å². The summed E-state index contributed by atoms with van der Waals surface area (Å²) >= 11 is 0. The van der Waals surface area contributed by atoms with E-state index in [0.29, 0.717) is 19.7 Å². The first-order valence-corrected chi connectivity index (χ1v) is 12.2. The largest absolute Gasteiger partial charge is 0.389 e. The molecule has 0 bridgehead atoms. The van der Waals surface area contributed by atoms with Gasteiger partial charge in [-0.05, 0) is 13.8 Å². The number of ether oxygens (including phenoxy) is 2.